The number of hydrogen-bond donors (Lipinski definition) is 1. The molecule has 0 bridgehead atoms. The summed E-state index contributed by atoms with van der Waals surface area (Å²) in [6, 6.07) is 9.63. The Balaban J connectivity index is 2.39. The van der Waals surface area contributed by atoms with Crippen molar-refractivity contribution in [1.82, 2.24) is 0 Å². The van der Waals surface area contributed by atoms with Gasteiger partial charge in [0.1, 0.15) is 22.3 Å². The van der Waals surface area contributed by atoms with E-state index in [1.54, 1.807) is 6.07 Å². The van der Waals surface area contributed by atoms with Crippen LogP contribution in [0.15, 0.2) is 36.4 Å². The molecule has 2 N–H and O–H groups in total. The van der Waals surface area contributed by atoms with Crippen molar-refractivity contribution in [2.24, 2.45) is 5.73 Å². The van der Waals surface area contributed by atoms with Crippen molar-refractivity contribution >= 4 is 28.8 Å². The fourth-order valence-electron chi connectivity index (χ4n) is 1.58. The van der Waals surface area contributed by atoms with Gasteiger partial charge >= 0.3 is 0 Å². The summed E-state index contributed by atoms with van der Waals surface area (Å²) in [5, 5.41) is 0.00188. The third kappa shape index (κ3) is 3.22. The van der Waals surface area contributed by atoms with Crippen molar-refractivity contribution in [2.75, 3.05) is 0 Å². The molecule has 0 fully saturated rings. The van der Waals surface area contributed by atoms with E-state index in [-0.39, 0.29) is 10.0 Å². The van der Waals surface area contributed by atoms with Gasteiger partial charge in [0.15, 0.2) is 0 Å². The second-order valence-electron chi connectivity index (χ2n) is 4.04. The molecular formula is C14H11ClFNOS. The van der Waals surface area contributed by atoms with Crippen LogP contribution in [0.2, 0.25) is 5.02 Å². The molecule has 19 heavy (non-hydrogen) atoms. The van der Waals surface area contributed by atoms with E-state index in [1.807, 2.05) is 19.1 Å². The standard InChI is InChI=1S/C14H11ClFNOS/c1-8-2-4-10(14(17)19)13(6-8)18-9-3-5-12(16)11(15)7-9/h2-7H,1H3,(H2,17,19). The van der Waals surface area contributed by atoms with Gasteiger partial charge in [-0.3, -0.25) is 0 Å². The molecule has 2 aromatic rings. The fraction of sp³-hybridized carbons (Fsp3) is 0.0714. The Bertz CT molecular complexity index is 645. The number of rotatable bonds is 3. The Hall–Kier alpha value is -1.65. The van der Waals surface area contributed by atoms with E-state index in [1.165, 1.54) is 18.2 Å². The molecule has 98 valence electrons. The number of ether oxygens (including phenoxy) is 1. The summed E-state index contributed by atoms with van der Waals surface area (Å²) in [6.45, 7) is 1.92. The van der Waals surface area contributed by atoms with E-state index < -0.39 is 5.82 Å². The van der Waals surface area contributed by atoms with Gasteiger partial charge in [0, 0.05) is 6.07 Å². The van der Waals surface area contributed by atoms with Crippen molar-refractivity contribution in [3.8, 4) is 11.5 Å². The highest BCUT2D eigenvalue weighted by molar-refractivity contribution is 7.80. The minimum atomic E-state index is -0.493. The van der Waals surface area contributed by atoms with Gasteiger partial charge in [-0.2, -0.15) is 0 Å². The number of halogens is 2. The number of nitrogens with two attached hydrogens (primary N) is 1. The lowest BCUT2D eigenvalue weighted by Gasteiger charge is -2.11. The van der Waals surface area contributed by atoms with E-state index in [0.717, 1.165) is 5.56 Å². The number of aryl methyl sites for hydroxylation is 1. The summed E-state index contributed by atoms with van der Waals surface area (Å²) in [5.74, 6) is 0.456. The van der Waals surface area contributed by atoms with Gasteiger partial charge < -0.3 is 10.5 Å². The second-order valence-corrected chi connectivity index (χ2v) is 4.89. The molecule has 0 atom stereocenters. The van der Waals surface area contributed by atoms with Crippen LogP contribution in [0.25, 0.3) is 0 Å². The zero-order chi connectivity index (χ0) is 14.0. The van der Waals surface area contributed by atoms with Gasteiger partial charge in [0.25, 0.3) is 0 Å². The maximum absolute atomic E-state index is 13.1. The minimum absolute atomic E-state index is 0.00188. The quantitative estimate of drug-likeness (QED) is 0.861. The first-order chi connectivity index (χ1) is 8.97. The molecule has 0 spiro atoms. The number of hydrogen-bond acceptors (Lipinski definition) is 2. The largest absolute Gasteiger partial charge is 0.457 e. The smallest absolute Gasteiger partial charge is 0.142 e. The molecule has 0 radical (unpaired) electrons. The Morgan fingerprint density at radius 1 is 1.26 bits per heavy atom. The van der Waals surface area contributed by atoms with E-state index in [4.69, 9.17) is 34.3 Å². The molecule has 2 aromatic carbocycles. The highest BCUT2D eigenvalue weighted by Crippen LogP contribution is 2.29. The zero-order valence-electron chi connectivity index (χ0n) is 10.1. The first-order valence-corrected chi connectivity index (χ1v) is 6.29. The Kier molecular flexibility index (Phi) is 4.02. The van der Waals surface area contributed by atoms with E-state index in [9.17, 15) is 4.39 Å². The van der Waals surface area contributed by atoms with Gasteiger partial charge in [0.2, 0.25) is 0 Å². The van der Waals surface area contributed by atoms with Gasteiger partial charge in [0.05, 0.1) is 10.6 Å². The fourth-order valence-corrected chi connectivity index (χ4v) is 1.92. The van der Waals surface area contributed by atoms with Crippen LogP contribution >= 0.6 is 23.8 Å². The monoisotopic (exact) mass is 295 g/mol. The first kappa shape index (κ1) is 13.8. The van der Waals surface area contributed by atoms with E-state index >= 15 is 0 Å². The van der Waals surface area contributed by atoms with Gasteiger partial charge in [-0.15, -0.1) is 0 Å². The summed E-state index contributed by atoms with van der Waals surface area (Å²) in [5.41, 5.74) is 7.27. The maximum atomic E-state index is 13.1. The van der Waals surface area contributed by atoms with E-state index in [0.29, 0.717) is 17.1 Å². The van der Waals surface area contributed by atoms with Crippen LogP contribution < -0.4 is 10.5 Å². The molecule has 5 heteroatoms. The summed E-state index contributed by atoms with van der Waals surface area (Å²) in [4.78, 5) is 0.239. The van der Waals surface area contributed by atoms with Crippen molar-refractivity contribution < 1.29 is 9.13 Å². The molecule has 2 rings (SSSR count). The van der Waals surface area contributed by atoms with Gasteiger partial charge in [-0.05, 0) is 36.8 Å². The molecule has 0 aliphatic rings. The van der Waals surface area contributed by atoms with Crippen LogP contribution in [0.5, 0.6) is 11.5 Å². The first-order valence-electron chi connectivity index (χ1n) is 5.51. The Labute approximate surface area is 120 Å². The predicted molar refractivity (Wildman–Crippen MR) is 78.6 cm³/mol. The van der Waals surface area contributed by atoms with Crippen LogP contribution in [0, 0.1) is 12.7 Å². The molecule has 0 aromatic heterocycles. The summed E-state index contributed by atoms with van der Waals surface area (Å²) in [7, 11) is 0. The van der Waals surface area contributed by atoms with Crippen LogP contribution in [0.1, 0.15) is 11.1 Å². The lowest BCUT2D eigenvalue weighted by molar-refractivity contribution is 0.479. The SMILES string of the molecule is Cc1ccc(C(N)=S)c(Oc2ccc(F)c(Cl)c2)c1. The topological polar surface area (TPSA) is 35.2 Å². The van der Waals surface area contributed by atoms with Gasteiger partial charge in [-0.1, -0.05) is 29.9 Å². The second kappa shape index (κ2) is 5.55. The Morgan fingerprint density at radius 2 is 2.00 bits per heavy atom. The highest BCUT2D eigenvalue weighted by atomic mass is 35.5. The summed E-state index contributed by atoms with van der Waals surface area (Å²) < 4.78 is 18.7. The van der Waals surface area contributed by atoms with Crippen molar-refractivity contribution in [2.45, 2.75) is 6.92 Å². The van der Waals surface area contributed by atoms with Crippen LogP contribution in [0.4, 0.5) is 4.39 Å². The summed E-state index contributed by atoms with van der Waals surface area (Å²) >= 11 is 10.7. The number of benzene rings is 2. The van der Waals surface area contributed by atoms with Crippen LogP contribution in [0.3, 0.4) is 0 Å². The maximum Gasteiger partial charge on any atom is 0.142 e. The average molecular weight is 296 g/mol. The number of thiocarbonyl (C=S) groups is 1. The molecule has 0 unspecified atom stereocenters. The average Bonchev–Trinajstić information content (AvgIpc) is 2.33. The predicted octanol–water partition coefficient (Wildman–Crippen LogP) is 4.21. The minimum Gasteiger partial charge on any atom is -0.457 e. The lowest BCUT2D eigenvalue weighted by atomic mass is 10.1. The normalized spacial score (nSPS) is 10.3. The van der Waals surface area contributed by atoms with Crippen molar-refractivity contribution in [3.63, 3.8) is 0 Å². The molecule has 0 saturated heterocycles. The molecule has 0 amide bonds. The molecular weight excluding hydrogens is 285 g/mol. The van der Waals surface area contributed by atoms with Crippen LogP contribution in [-0.4, -0.2) is 4.99 Å². The molecule has 2 nitrogen and oxygen atoms in total. The zero-order valence-corrected chi connectivity index (χ0v) is 11.7. The molecule has 0 aliphatic carbocycles. The lowest BCUT2D eigenvalue weighted by Crippen LogP contribution is -2.10. The molecule has 0 aliphatic heterocycles. The molecule has 0 heterocycles. The summed E-state index contributed by atoms with van der Waals surface area (Å²) in [6.07, 6.45) is 0. The van der Waals surface area contributed by atoms with Gasteiger partial charge in [-0.25, -0.2) is 4.39 Å². The third-order valence-electron chi connectivity index (χ3n) is 2.52. The van der Waals surface area contributed by atoms with Crippen molar-refractivity contribution in [3.05, 3.63) is 58.4 Å². The highest BCUT2D eigenvalue weighted by Gasteiger charge is 2.09. The van der Waals surface area contributed by atoms with Crippen molar-refractivity contribution in [1.29, 1.82) is 0 Å². The van der Waals surface area contributed by atoms with Crippen LogP contribution in [-0.2, 0) is 0 Å². The Morgan fingerprint density at radius 3 is 2.63 bits per heavy atom. The third-order valence-corrected chi connectivity index (χ3v) is 3.03. The van der Waals surface area contributed by atoms with E-state index in [2.05, 4.69) is 0 Å². The molecule has 0 saturated carbocycles.